The maximum atomic E-state index is 12.1. The van der Waals surface area contributed by atoms with Crippen molar-refractivity contribution >= 4 is 40.1 Å². The van der Waals surface area contributed by atoms with E-state index >= 15 is 0 Å². The van der Waals surface area contributed by atoms with Crippen molar-refractivity contribution in [1.29, 1.82) is 0 Å². The summed E-state index contributed by atoms with van der Waals surface area (Å²) in [5, 5.41) is 12.5. The van der Waals surface area contributed by atoms with Gasteiger partial charge in [-0.15, -0.1) is 10.2 Å². The average molecular weight is 384 g/mol. The first-order valence-corrected chi connectivity index (χ1v) is 9.22. The molecule has 2 heterocycles. The molecule has 1 aliphatic heterocycles. The Bertz CT molecular complexity index is 1000. The van der Waals surface area contributed by atoms with Crippen LogP contribution in [0.2, 0.25) is 5.02 Å². The molecule has 130 valence electrons. The van der Waals surface area contributed by atoms with Crippen LogP contribution < -0.4 is 10.1 Å². The van der Waals surface area contributed by atoms with Gasteiger partial charge in [0.2, 0.25) is 11.0 Å². The van der Waals surface area contributed by atoms with E-state index < -0.39 is 0 Å². The van der Waals surface area contributed by atoms with Gasteiger partial charge in [-0.2, -0.15) is 0 Å². The monoisotopic (exact) mass is 383 g/mol. The molecule has 26 heavy (non-hydrogen) atoms. The SMILES string of the molecule is O=C(/C=C/c1ccc2c(c1)CCO2)Nc1nnc(-c2ccccc2Cl)s1. The van der Waals surface area contributed by atoms with Crippen LogP contribution in [0.5, 0.6) is 5.75 Å². The molecule has 4 rings (SSSR count). The zero-order valence-electron chi connectivity index (χ0n) is 13.6. The zero-order valence-corrected chi connectivity index (χ0v) is 15.2. The number of rotatable bonds is 4. The fraction of sp³-hybridized carbons (Fsp3) is 0.105. The van der Waals surface area contributed by atoms with E-state index in [4.69, 9.17) is 16.3 Å². The van der Waals surface area contributed by atoms with Gasteiger partial charge in [0.1, 0.15) is 5.75 Å². The van der Waals surface area contributed by atoms with Gasteiger partial charge in [-0.1, -0.05) is 47.2 Å². The van der Waals surface area contributed by atoms with Crippen molar-refractivity contribution in [1.82, 2.24) is 10.2 Å². The molecule has 0 bridgehead atoms. The van der Waals surface area contributed by atoms with Crippen LogP contribution >= 0.6 is 22.9 Å². The largest absolute Gasteiger partial charge is 0.493 e. The molecule has 1 aromatic heterocycles. The molecule has 1 amide bonds. The number of ether oxygens (including phenoxy) is 1. The minimum atomic E-state index is -0.261. The van der Waals surface area contributed by atoms with Gasteiger partial charge in [-0.3, -0.25) is 10.1 Å². The Kier molecular flexibility index (Phi) is 4.69. The lowest BCUT2D eigenvalue weighted by Crippen LogP contribution is -2.07. The number of nitrogens with zero attached hydrogens (tertiary/aromatic N) is 2. The molecule has 0 radical (unpaired) electrons. The Hall–Kier alpha value is -2.70. The zero-order chi connectivity index (χ0) is 17.9. The van der Waals surface area contributed by atoms with Crippen molar-refractivity contribution in [2.45, 2.75) is 6.42 Å². The van der Waals surface area contributed by atoms with Crippen LogP contribution in [-0.2, 0) is 11.2 Å². The van der Waals surface area contributed by atoms with E-state index in [-0.39, 0.29) is 5.91 Å². The molecule has 0 fully saturated rings. The number of amides is 1. The highest BCUT2D eigenvalue weighted by Crippen LogP contribution is 2.31. The van der Waals surface area contributed by atoms with Crippen LogP contribution in [-0.4, -0.2) is 22.7 Å². The molecule has 0 atom stereocenters. The minimum Gasteiger partial charge on any atom is -0.493 e. The Balaban J connectivity index is 1.43. The molecule has 0 spiro atoms. The highest BCUT2D eigenvalue weighted by molar-refractivity contribution is 7.18. The molecule has 0 saturated heterocycles. The summed E-state index contributed by atoms with van der Waals surface area (Å²) in [6.45, 7) is 0.716. The molecular weight excluding hydrogens is 370 g/mol. The van der Waals surface area contributed by atoms with Crippen molar-refractivity contribution in [3.8, 4) is 16.3 Å². The molecular formula is C19H14ClN3O2S. The Morgan fingerprint density at radius 2 is 2.12 bits per heavy atom. The number of benzene rings is 2. The number of hydrogen-bond acceptors (Lipinski definition) is 5. The number of carbonyl (C=O) groups is 1. The smallest absolute Gasteiger partial charge is 0.250 e. The second-order valence-corrected chi connectivity index (χ2v) is 7.07. The van der Waals surface area contributed by atoms with Crippen molar-refractivity contribution in [3.63, 3.8) is 0 Å². The number of aromatic nitrogens is 2. The summed E-state index contributed by atoms with van der Waals surface area (Å²) in [6, 6.07) is 13.3. The van der Waals surface area contributed by atoms with Gasteiger partial charge in [-0.25, -0.2) is 0 Å². The number of carbonyl (C=O) groups excluding carboxylic acids is 1. The number of nitrogens with one attached hydrogen (secondary N) is 1. The summed E-state index contributed by atoms with van der Waals surface area (Å²) in [5.74, 6) is 0.663. The third-order valence-corrected chi connectivity index (χ3v) is 5.10. The third kappa shape index (κ3) is 3.61. The molecule has 2 aromatic carbocycles. The van der Waals surface area contributed by atoms with Crippen molar-refractivity contribution < 1.29 is 9.53 Å². The fourth-order valence-corrected chi connectivity index (χ4v) is 3.71. The normalized spacial score (nSPS) is 12.8. The first-order chi connectivity index (χ1) is 12.7. The number of halogens is 1. The molecule has 1 N–H and O–H groups in total. The van der Waals surface area contributed by atoms with Gasteiger partial charge in [-0.05, 0) is 35.4 Å². The van der Waals surface area contributed by atoms with E-state index in [0.717, 1.165) is 23.3 Å². The lowest BCUT2D eigenvalue weighted by atomic mass is 10.1. The Morgan fingerprint density at radius 1 is 1.23 bits per heavy atom. The van der Waals surface area contributed by atoms with Gasteiger partial charge in [0, 0.05) is 18.1 Å². The lowest BCUT2D eigenvalue weighted by Gasteiger charge is -2.00. The predicted molar refractivity (Wildman–Crippen MR) is 104 cm³/mol. The first kappa shape index (κ1) is 16.8. The molecule has 1 aliphatic rings. The van der Waals surface area contributed by atoms with Gasteiger partial charge < -0.3 is 4.74 Å². The second kappa shape index (κ2) is 7.27. The number of fused-ring (bicyclic) bond motifs is 1. The summed E-state index contributed by atoms with van der Waals surface area (Å²) in [4.78, 5) is 12.1. The van der Waals surface area contributed by atoms with Gasteiger partial charge >= 0.3 is 0 Å². The average Bonchev–Trinajstić information content (AvgIpc) is 3.29. The molecule has 0 aliphatic carbocycles. The Labute approximate surface area is 159 Å². The van der Waals surface area contributed by atoms with Crippen LogP contribution in [0, 0.1) is 0 Å². The van der Waals surface area contributed by atoms with Crippen molar-refractivity contribution in [2.24, 2.45) is 0 Å². The topological polar surface area (TPSA) is 64.1 Å². The van der Waals surface area contributed by atoms with Gasteiger partial charge in [0.15, 0.2) is 5.01 Å². The van der Waals surface area contributed by atoms with Crippen LogP contribution in [0.4, 0.5) is 5.13 Å². The lowest BCUT2D eigenvalue weighted by molar-refractivity contribution is -0.111. The van der Waals surface area contributed by atoms with E-state index in [1.54, 1.807) is 12.1 Å². The van der Waals surface area contributed by atoms with Crippen molar-refractivity contribution in [2.75, 3.05) is 11.9 Å². The molecule has 0 unspecified atom stereocenters. The maximum absolute atomic E-state index is 12.1. The van der Waals surface area contributed by atoms with Crippen LogP contribution in [0.1, 0.15) is 11.1 Å². The highest BCUT2D eigenvalue weighted by Gasteiger charge is 2.12. The quantitative estimate of drug-likeness (QED) is 0.676. The van der Waals surface area contributed by atoms with Gasteiger partial charge in [0.05, 0.1) is 11.6 Å². The van der Waals surface area contributed by atoms with Crippen LogP contribution in [0.3, 0.4) is 0 Å². The highest BCUT2D eigenvalue weighted by atomic mass is 35.5. The second-order valence-electron chi connectivity index (χ2n) is 5.68. The summed E-state index contributed by atoms with van der Waals surface area (Å²) in [6.07, 6.45) is 4.15. The molecule has 5 nitrogen and oxygen atoms in total. The predicted octanol–water partition coefficient (Wildman–Crippen LogP) is 4.45. The molecule has 7 heteroatoms. The van der Waals surface area contributed by atoms with Crippen LogP contribution in [0.25, 0.3) is 16.6 Å². The summed E-state index contributed by atoms with van der Waals surface area (Å²) in [5.41, 5.74) is 2.92. The van der Waals surface area contributed by atoms with E-state index in [9.17, 15) is 4.79 Å². The number of hydrogen-bond donors (Lipinski definition) is 1. The Morgan fingerprint density at radius 3 is 3.00 bits per heavy atom. The number of anilines is 1. The van der Waals surface area contributed by atoms with E-state index in [0.29, 0.717) is 21.8 Å². The first-order valence-electron chi connectivity index (χ1n) is 8.02. The van der Waals surface area contributed by atoms with E-state index in [1.807, 2.05) is 36.4 Å². The van der Waals surface area contributed by atoms with Crippen molar-refractivity contribution in [3.05, 3.63) is 64.7 Å². The fourth-order valence-electron chi connectivity index (χ4n) is 2.65. The summed E-state index contributed by atoms with van der Waals surface area (Å²) >= 11 is 7.44. The third-order valence-electron chi connectivity index (χ3n) is 3.90. The molecule has 3 aromatic rings. The van der Waals surface area contributed by atoms with E-state index in [1.165, 1.54) is 23.0 Å². The summed E-state index contributed by atoms with van der Waals surface area (Å²) < 4.78 is 5.48. The molecule has 0 saturated carbocycles. The van der Waals surface area contributed by atoms with Crippen LogP contribution in [0.15, 0.2) is 48.5 Å². The van der Waals surface area contributed by atoms with E-state index in [2.05, 4.69) is 15.5 Å². The minimum absolute atomic E-state index is 0.261. The summed E-state index contributed by atoms with van der Waals surface area (Å²) in [7, 11) is 0. The van der Waals surface area contributed by atoms with Gasteiger partial charge in [0.25, 0.3) is 0 Å². The maximum Gasteiger partial charge on any atom is 0.250 e. The standard InChI is InChI=1S/C19H14ClN3O2S/c20-15-4-2-1-3-14(15)18-22-23-19(26-18)21-17(24)8-6-12-5-7-16-13(11-12)9-10-25-16/h1-8,11H,9-10H2,(H,21,23,24)/b8-6+.